The van der Waals surface area contributed by atoms with Crippen LogP contribution in [0.4, 0.5) is 8.78 Å². The van der Waals surface area contributed by atoms with E-state index in [0.717, 1.165) is 18.4 Å². The topological polar surface area (TPSA) is 46.5 Å². The smallest absolute Gasteiger partial charge is 0.317 e. The summed E-state index contributed by atoms with van der Waals surface area (Å²) < 4.78 is 30.5. The van der Waals surface area contributed by atoms with E-state index >= 15 is 0 Å². The van der Waals surface area contributed by atoms with Crippen molar-refractivity contribution in [1.82, 2.24) is 0 Å². The molecule has 0 saturated heterocycles. The fourth-order valence-electron chi connectivity index (χ4n) is 1.99. The molecule has 0 bridgehead atoms. The normalized spacial score (nSPS) is 14.1. The Morgan fingerprint density at radius 3 is 2.30 bits per heavy atom. The molecule has 0 spiro atoms. The highest BCUT2D eigenvalue weighted by Crippen LogP contribution is 2.28. The molecule has 0 aliphatic heterocycles. The number of aliphatic hydroxyl groups is 1. The van der Waals surface area contributed by atoms with Crippen molar-refractivity contribution in [2.45, 2.75) is 39.2 Å². The maximum absolute atomic E-state index is 12.9. The van der Waals surface area contributed by atoms with Gasteiger partial charge in [0, 0.05) is 0 Å². The lowest BCUT2D eigenvalue weighted by molar-refractivity contribution is -0.160. The third-order valence-electron chi connectivity index (χ3n) is 3.03. The number of carbonyl (C=O) groups is 1. The molecule has 5 heteroatoms. The van der Waals surface area contributed by atoms with Gasteiger partial charge in [0.25, 0.3) is 6.43 Å². The molecule has 0 amide bonds. The lowest BCUT2D eigenvalue weighted by atomic mass is 9.95. The van der Waals surface area contributed by atoms with Crippen LogP contribution < -0.4 is 0 Å². The number of alkyl halides is 2. The largest absolute Gasteiger partial charge is 0.466 e. The summed E-state index contributed by atoms with van der Waals surface area (Å²) in [6, 6.07) is 6.69. The van der Waals surface area contributed by atoms with Crippen LogP contribution in [0.1, 0.15) is 37.5 Å². The van der Waals surface area contributed by atoms with Crippen LogP contribution in [0.25, 0.3) is 0 Å². The number of benzene rings is 1. The first-order chi connectivity index (χ1) is 9.51. The molecule has 0 aliphatic carbocycles. The Kier molecular flexibility index (Phi) is 6.58. The summed E-state index contributed by atoms with van der Waals surface area (Å²) in [5, 5.41) is 9.99. The molecule has 2 unspecified atom stereocenters. The number of hydrogen-bond donors (Lipinski definition) is 1. The zero-order valence-electron chi connectivity index (χ0n) is 11.7. The summed E-state index contributed by atoms with van der Waals surface area (Å²) >= 11 is 0. The minimum absolute atomic E-state index is 0.00418. The predicted molar refractivity (Wildman–Crippen MR) is 71.5 cm³/mol. The SMILES string of the molecule is CCCc1ccc(C(O)C(C(=O)OCC)C(F)F)cc1. The third-order valence-corrected chi connectivity index (χ3v) is 3.03. The second-order valence-electron chi connectivity index (χ2n) is 4.55. The Morgan fingerprint density at radius 2 is 1.85 bits per heavy atom. The Labute approximate surface area is 117 Å². The molecule has 1 N–H and O–H groups in total. The number of aryl methyl sites for hydroxylation is 1. The van der Waals surface area contributed by atoms with Crippen molar-refractivity contribution >= 4 is 5.97 Å². The maximum Gasteiger partial charge on any atom is 0.317 e. The van der Waals surface area contributed by atoms with E-state index in [1.54, 1.807) is 24.3 Å². The lowest BCUT2D eigenvalue weighted by Gasteiger charge is -2.21. The predicted octanol–water partition coefficient (Wildman–Crippen LogP) is 3.12. The quantitative estimate of drug-likeness (QED) is 0.783. The van der Waals surface area contributed by atoms with Gasteiger partial charge in [-0.3, -0.25) is 4.79 Å². The van der Waals surface area contributed by atoms with Crippen LogP contribution in [-0.4, -0.2) is 24.1 Å². The zero-order chi connectivity index (χ0) is 15.1. The summed E-state index contributed by atoms with van der Waals surface area (Å²) in [6.45, 7) is 3.58. The van der Waals surface area contributed by atoms with Gasteiger partial charge in [0.15, 0.2) is 0 Å². The first-order valence-electron chi connectivity index (χ1n) is 6.72. The van der Waals surface area contributed by atoms with Crippen LogP contribution in [-0.2, 0) is 16.0 Å². The summed E-state index contributed by atoms with van der Waals surface area (Å²) in [7, 11) is 0. The minimum atomic E-state index is -2.97. The van der Waals surface area contributed by atoms with Gasteiger partial charge in [-0.05, 0) is 24.5 Å². The lowest BCUT2D eigenvalue weighted by Crippen LogP contribution is -2.30. The van der Waals surface area contributed by atoms with Crippen molar-refractivity contribution in [3.8, 4) is 0 Å². The highest BCUT2D eigenvalue weighted by molar-refractivity contribution is 5.73. The molecule has 20 heavy (non-hydrogen) atoms. The van der Waals surface area contributed by atoms with Crippen molar-refractivity contribution in [3.05, 3.63) is 35.4 Å². The van der Waals surface area contributed by atoms with Gasteiger partial charge in [0.2, 0.25) is 0 Å². The number of halogens is 2. The summed E-state index contributed by atoms with van der Waals surface area (Å²) in [5.74, 6) is -2.93. The molecule has 0 heterocycles. The summed E-state index contributed by atoms with van der Waals surface area (Å²) in [6.07, 6.45) is -2.68. The molecular weight excluding hydrogens is 266 g/mol. The van der Waals surface area contributed by atoms with Crippen molar-refractivity contribution < 1.29 is 23.4 Å². The first-order valence-corrected chi connectivity index (χ1v) is 6.72. The second-order valence-corrected chi connectivity index (χ2v) is 4.55. The number of hydrogen-bond acceptors (Lipinski definition) is 3. The fourth-order valence-corrected chi connectivity index (χ4v) is 1.99. The van der Waals surface area contributed by atoms with E-state index in [1.165, 1.54) is 6.92 Å². The molecule has 0 aromatic heterocycles. The fraction of sp³-hybridized carbons (Fsp3) is 0.533. The molecule has 3 nitrogen and oxygen atoms in total. The summed E-state index contributed by atoms with van der Waals surface area (Å²) in [5.41, 5.74) is 1.36. The molecule has 1 aromatic rings. The zero-order valence-corrected chi connectivity index (χ0v) is 11.7. The highest BCUT2D eigenvalue weighted by Gasteiger charge is 2.37. The first kappa shape index (κ1) is 16.6. The van der Waals surface area contributed by atoms with Gasteiger partial charge in [-0.2, -0.15) is 0 Å². The van der Waals surface area contributed by atoms with E-state index < -0.39 is 24.4 Å². The van der Waals surface area contributed by atoms with Crippen LogP contribution in [0.5, 0.6) is 0 Å². The van der Waals surface area contributed by atoms with Crippen molar-refractivity contribution in [1.29, 1.82) is 0 Å². The third kappa shape index (κ3) is 4.27. The van der Waals surface area contributed by atoms with Crippen LogP contribution >= 0.6 is 0 Å². The Hall–Kier alpha value is -1.49. The maximum atomic E-state index is 12.9. The van der Waals surface area contributed by atoms with E-state index in [2.05, 4.69) is 4.74 Å². The Bertz CT molecular complexity index is 418. The van der Waals surface area contributed by atoms with Crippen molar-refractivity contribution in [2.24, 2.45) is 5.92 Å². The average molecular weight is 286 g/mol. The number of aliphatic hydroxyl groups excluding tert-OH is 1. The monoisotopic (exact) mass is 286 g/mol. The van der Waals surface area contributed by atoms with Gasteiger partial charge in [-0.15, -0.1) is 0 Å². The van der Waals surface area contributed by atoms with Crippen LogP contribution in [0, 0.1) is 5.92 Å². The molecule has 1 aromatic carbocycles. The van der Waals surface area contributed by atoms with E-state index in [4.69, 9.17) is 0 Å². The number of rotatable bonds is 7. The standard InChI is InChI=1S/C15H20F2O3/c1-3-5-10-6-8-11(9-7-10)13(18)12(14(16)17)15(19)20-4-2/h6-9,12-14,18H,3-5H2,1-2H3. The molecule has 0 aliphatic rings. The molecule has 0 fully saturated rings. The molecular formula is C15H20F2O3. The van der Waals surface area contributed by atoms with Gasteiger partial charge in [-0.1, -0.05) is 37.6 Å². The average Bonchev–Trinajstić information content (AvgIpc) is 2.40. The van der Waals surface area contributed by atoms with Crippen LogP contribution in [0.15, 0.2) is 24.3 Å². The Balaban J connectivity index is 2.88. The number of carbonyl (C=O) groups excluding carboxylic acids is 1. The Morgan fingerprint density at radius 1 is 1.25 bits per heavy atom. The van der Waals surface area contributed by atoms with E-state index in [-0.39, 0.29) is 6.61 Å². The number of esters is 1. The molecule has 0 radical (unpaired) electrons. The van der Waals surface area contributed by atoms with Gasteiger partial charge in [-0.25, -0.2) is 8.78 Å². The minimum Gasteiger partial charge on any atom is -0.466 e. The van der Waals surface area contributed by atoms with E-state index in [0.29, 0.717) is 5.56 Å². The van der Waals surface area contributed by atoms with Gasteiger partial charge in [0.05, 0.1) is 12.7 Å². The van der Waals surface area contributed by atoms with E-state index in [9.17, 15) is 18.7 Å². The highest BCUT2D eigenvalue weighted by atomic mass is 19.3. The van der Waals surface area contributed by atoms with Crippen LogP contribution in [0.2, 0.25) is 0 Å². The molecule has 2 atom stereocenters. The molecule has 0 saturated carbocycles. The second kappa shape index (κ2) is 7.94. The van der Waals surface area contributed by atoms with Crippen LogP contribution in [0.3, 0.4) is 0 Å². The molecule has 112 valence electrons. The summed E-state index contributed by atoms with van der Waals surface area (Å²) in [4.78, 5) is 11.5. The molecule has 1 rings (SSSR count). The number of ether oxygens (including phenoxy) is 1. The van der Waals surface area contributed by atoms with Gasteiger partial charge in [0.1, 0.15) is 5.92 Å². The van der Waals surface area contributed by atoms with Gasteiger partial charge < -0.3 is 9.84 Å². The van der Waals surface area contributed by atoms with Crippen molar-refractivity contribution in [3.63, 3.8) is 0 Å². The van der Waals surface area contributed by atoms with Crippen molar-refractivity contribution in [2.75, 3.05) is 6.61 Å². The van der Waals surface area contributed by atoms with E-state index in [1.807, 2.05) is 6.92 Å². The van der Waals surface area contributed by atoms with Gasteiger partial charge >= 0.3 is 5.97 Å².